The molecule has 38 heavy (non-hydrogen) atoms. The van der Waals surface area contributed by atoms with E-state index in [4.69, 9.17) is 26.4 Å². The van der Waals surface area contributed by atoms with Gasteiger partial charge in [0.15, 0.2) is 16.6 Å². The first kappa shape index (κ1) is 24.0. The lowest BCUT2D eigenvalue weighted by Crippen LogP contribution is -2.29. The van der Waals surface area contributed by atoms with Gasteiger partial charge in [0.1, 0.15) is 0 Å². The molecule has 1 saturated heterocycles. The number of nitrogens with one attached hydrogen (secondary N) is 1. The zero-order valence-electron chi connectivity index (χ0n) is 21.2. The van der Waals surface area contributed by atoms with E-state index in [0.29, 0.717) is 22.2 Å². The molecule has 192 valence electrons. The monoisotopic (exact) mass is 526 g/mol. The van der Waals surface area contributed by atoms with E-state index in [2.05, 4.69) is 39.7 Å². The predicted molar refractivity (Wildman–Crippen MR) is 147 cm³/mol. The molecule has 0 unspecified atom stereocenters. The van der Waals surface area contributed by atoms with Crippen molar-refractivity contribution in [1.29, 1.82) is 0 Å². The number of aromatic nitrogens is 2. The Morgan fingerprint density at radius 2 is 1.87 bits per heavy atom. The van der Waals surface area contributed by atoms with Crippen LogP contribution >= 0.6 is 12.2 Å². The molecule has 2 aromatic carbocycles. The molecule has 4 aromatic rings. The highest BCUT2D eigenvalue weighted by molar-refractivity contribution is 7.80. The number of benzene rings is 2. The molecular weight excluding hydrogens is 500 g/mol. The Bertz CT molecular complexity index is 1550. The fourth-order valence-electron chi connectivity index (χ4n) is 5.36. The number of aryl methyl sites for hydroxylation is 1. The second kappa shape index (κ2) is 9.50. The molecule has 0 radical (unpaired) electrons. The molecule has 2 aliphatic rings. The van der Waals surface area contributed by atoms with Crippen LogP contribution in [0, 0.1) is 13.8 Å². The highest BCUT2D eigenvalue weighted by Crippen LogP contribution is 2.46. The van der Waals surface area contributed by atoms with Crippen molar-refractivity contribution in [1.82, 2.24) is 14.9 Å². The minimum atomic E-state index is -0.371. The Balaban J connectivity index is 1.49. The van der Waals surface area contributed by atoms with Crippen LogP contribution in [0.3, 0.4) is 0 Å². The summed E-state index contributed by atoms with van der Waals surface area (Å²) < 4.78 is 18.3. The molecule has 2 aromatic heterocycles. The van der Waals surface area contributed by atoms with Crippen LogP contribution in [-0.4, -0.2) is 34.5 Å². The summed E-state index contributed by atoms with van der Waals surface area (Å²) in [7, 11) is 1.39. The number of ether oxygens (including phenoxy) is 3. The van der Waals surface area contributed by atoms with Gasteiger partial charge in [-0.2, -0.15) is 0 Å². The quantitative estimate of drug-likeness (QED) is 0.282. The van der Waals surface area contributed by atoms with Crippen LogP contribution in [0.1, 0.15) is 45.1 Å². The van der Waals surface area contributed by atoms with E-state index >= 15 is 0 Å². The van der Waals surface area contributed by atoms with E-state index in [1.807, 2.05) is 54.6 Å². The first-order valence-corrected chi connectivity index (χ1v) is 12.6. The summed E-state index contributed by atoms with van der Waals surface area (Å²) in [6, 6.07) is 21.0. The van der Waals surface area contributed by atoms with Crippen LogP contribution in [0.5, 0.6) is 11.5 Å². The van der Waals surface area contributed by atoms with E-state index < -0.39 is 0 Å². The Labute approximate surface area is 225 Å². The fraction of sp³-hybridized carbons (Fsp3) is 0.207. The van der Waals surface area contributed by atoms with Gasteiger partial charge in [-0.15, -0.1) is 0 Å². The van der Waals surface area contributed by atoms with Gasteiger partial charge >= 0.3 is 5.97 Å². The summed E-state index contributed by atoms with van der Waals surface area (Å²) >= 11 is 5.90. The summed E-state index contributed by atoms with van der Waals surface area (Å²) in [5, 5.41) is 4.11. The maximum Gasteiger partial charge on any atom is 0.337 e. The van der Waals surface area contributed by atoms with Gasteiger partial charge in [-0.05, 0) is 80.2 Å². The van der Waals surface area contributed by atoms with Crippen LogP contribution in [0.4, 0.5) is 5.69 Å². The summed E-state index contributed by atoms with van der Waals surface area (Å²) in [5.74, 6) is 1.04. The average molecular weight is 527 g/mol. The van der Waals surface area contributed by atoms with Gasteiger partial charge in [-0.3, -0.25) is 4.98 Å². The van der Waals surface area contributed by atoms with Crippen molar-refractivity contribution < 1.29 is 19.0 Å². The van der Waals surface area contributed by atoms with E-state index in [-0.39, 0.29) is 24.8 Å². The Kier molecular flexibility index (Phi) is 6.00. The standard InChI is InChI=1S/C29H26N4O4S/c1-17-13-22(18(2)32(17)20-8-6-7-19(14-20)28(34)35-3)27-26(23-9-4-5-12-30-23)31-29(38)33(27)21-10-11-24-25(15-21)37-16-36-24/h4-15,26-27H,16H2,1-3H3,(H,31,38)/t26-,27-/m1/s1. The molecule has 0 spiro atoms. The summed E-state index contributed by atoms with van der Waals surface area (Å²) in [6.07, 6.45) is 1.79. The second-order valence-electron chi connectivity index (χ2n) is 9.24. The van der Waals surface area contributed by atoms with Crippen molar-refractivity contribution in [3.63, 3.8) is 0 Å². The fourth-order valence-corrected chi connectivity index (χ4v) is 5.70. The minimum absolute atomic E-state index is 0.190. The normalized spacial score (nSPS) is 18.0. The molecule has 2 atom stereocenters. The molecule has 0 amide bonds. The van der Waals surface area contributed by atoms with Gasteiger partial charge < -0.3 is 29.0 Å². The SMILES string of the molecule is COC(=O)c1cccc(-n2c(C)cc([C@@H]3[C@@H](c4ccccn4)NC(=S)N3c3ccc4c(c3)OCO4)c2C)c1. The Hall–Kier alpha value is -4.37. The van der Waals surface area contributed by atoms with Crippen molar-refractivity contribution in [3.8, 4) is 17.2 Å². The lowest BCUT2D eigenvalue weighted by molar-refractivity contribution is 0.0600. The number of esters is 1. The Morgan fingerprint density at radius 3 is 2.66 bits per heavy atom. The smallest absolute Gasteiger partial charge is 0.337 e. The number of rotatable bonds is 5. The molecule has 4 heterocycles. The molecular formula is C29H26N4O4S. The highest BCUT2D eigenvalue weighted by Gasteiger charge is 2.42. The number of hydrogen-bond donors (Lipinski definition) is 1. The van der Waals surface area contributed by atoms with Gasteiger partial charge in [-0.25, -0.2) is 4.79 Å². The first-order chi connectivity index (χ1) is 18.5. The molecule has 6 rings (SSSR count). The number of hydrogen-bond acceptors (Lipinski definition) is 6. The lowest BCUT2D eigenvalue weighted by Gasteiger charge is -2.28. The van der Waals surface area contributed by atoms with Crippen molar-refractivity contribution in [2.75, 3.05) is 18.8 Å². The minimum Gasteiger partial charge on any atom is -0.465 e. The molecule has 8 nitrogen and oxygen atoms in total. The zero-order chi connectivity index (χ0) is 26.4. The molecule has 0 saturated carbocycles. The van der Waals surface area contributed by atoms with Gasteiger partial charge in [0.25, 0.3) is 0 Å². The summed E-state index contributed by atoms with van der Waals surface area (Å²) in [5.41, 5.74) is 6.32. The number of anilines is 1. The van der Waals surface area contributed by atoms with Crippen LogP contribution in [0.15, 0.2) is 72.9 Å². The van der Waals surface area contributed by atoms with E-state index in [1.54, 1.807) is 12.3 Å². The number of nitrogens with zero attached hydrogens (tertiary/aromatic N) is 3. The molecule has 1 fully saturated rings. The van der Waals surface area contributed by atoms with E-state index in [0.717, 1.165) is 34.0 Å². The number of carbonyl (C=O) groups excluding carboxylic acids is 1. The maximum atomic E-state index is 12.2. The van der Waals surface area contributed by atoms with Crippen LogP contribution in [-0.2, 0) is 4.74 Å². The number of pyridine rings is 1. The third-order valence-corrected chi connectivity index (χ3v) is 7.36. The van der Waals surface area contributed by atoms with E-state index in [1.165, 1.54) is 7.11 Å². The largest absolute Gasteiger partial charge is 0.465 e. The first-order valence-electron chi connectivity index (χ1n) is 12.2. The molecule has 0 aliphatic carbocycles. The molecule has 1 N–H and O–H groups in total. The van der Waals surface area contributed by atoms with Crippen LogP contribution < -0.4 is 19.7 Å². The maximum absolute atomic E-state index is 12.2. The van der Waals surface area contributed by atoms with Gasteiger partial charge in [0, 0.05) is 35.0 Å². The number of carbonyl (C=O) groups is 1. The second-order valence-corrected chi connectivity index (χ2v) is 9.62. The molecule has 9 heteroatoms. The van der Waals surface area contributed by atoms with Crippen molar-refractivity contribution >= 4 is 29.0 Å². The van der Waals surface area contributed by atoms with Crippen LogP contribution in [0.25, 0.3) is 5.69 Å². The van der Waals surface area contributed by atoms with Gasteiger partial charge in [0.2, 0.25) is 6.79 Å². The number of fused-ring (bicyclic) bond motifs is 1. The van der Waals surface area contributed by atoms with Crippen LogP contribution in [0.2, 0.25) is 0 Å². The number of methoxy groups -OCH3 is 1. The third kappa shape index (κ3) is 3.95. The molecule has 2 aliphatic heterocycles. The van der Waals surface area contributed by atoms with Gasteiger partial charge in [0.05, 0.1) is 30.5 Å². The zero-order valence-corrected chi connectivity index (χ0v) is 22.0. The third-order valence-electron chi connectivity index (χ3n) is 7.05. The summed E-state index contributed by atoms with van der Waals surface area (Å²) in [4.78, 5) is 19.0. The highest BCUT2D eigenvalue weighted by atomic mass is 32.1. The Morgan fingerprint density at radius 1 is 1.03 bits per heavy atom. The van der Waals surface area contributed by atoms with E-state index in [9.17, 15) is 4.79 Å². The predicted octanol–water partition coefficient (Wildman–Crippen LogP) is 5.18. The lowest BCUT2D eigenvalue weighted by atomic mass is 9.96. The van der Waals surface area contributed by atoms with Gasteiger partial charge in [-0.1, -0.05) is 12.1 Å². The molecule has 0 bridgehead atoms. The van der Waals surface area contributed by atoms with Crippen molar-refractivity contribution in [2.45, 2.75) is 25.9 Å². The van der Waals surface area contributed by atoms with Crippen molar-refractivity contribution in [3.05, 3.63) is 101 Å². The summed E-state index contributed by atoms with van der Waals surface area (Å²) in [6.45, 7) is 4.35. The van der Waals surface area contributed by atoms with Crippen molar-refractivity contribution in [2.24, 2.45) is 0 Å². The average Bonchev–Trinajstić information content (AvgIpc) is 3.63. The topological polar surface area (TPSA) is 77.9 Å². The number of thiocarbonyl (C=S) groups is 1.